The van der Waals surface area contributed by atoms with Crippen LogP contribution in [0.15, 0.2) is 24.3 Å². The Labute approximate surface area is 119 Å². The summed E-state index contributed by atoms with van der Waals surface area (Å²) in [6, 6.07) is 6.23. The number of phenolic OH excluding ortho intramolecular Hbond substituents is 4. The lowest BCUT2D eigenvalue weighted by Crippen LogP contribution is -2.03. The molecule has 0 saturated carbocycles. The molecule has 0 bridgehead atoms. The minimum atomic E-state index is -0.792. The number of hydrogen-bond acceptors (Lipinski definition) is 6. The Morgan fingerprint density at radius 2 is 1.76 bits per heavy atom. The van der Waals surface area contributed by atoms with Crippen LogP contribution in [-0.2, 0) is 6.42 Å². The average molecular weight is 288 g/mol. The van der Waals surface area contributed by atoms with Crippen LogP contribution in [0.3, 0.4) is 0 Å². The minimum Gasteiger partial charge on any atom is -0.504 e. The van der Waals surface area contributed by atoms with Crippen molar-refractivity contribution in [2.45, 2.75) is 6.42 Å². The summed E-state index contributed by atoms with van der Waals surface area (Å²) in [5, 5.41) is 38.2. The largest absolute Gasteiger partial charge is 0.504 e. The van der Waals surface area contributed by atoms with Gasteiger partial charge in [0.05, 0.1) is 5.56 Å². The highest BCUT2D eigenvalue weighted by molar-refractivity contribution is 6.03. The van der Waals surface area contributed by atoms with Crippen molar-refractivity contribution in [3.8, 4) is 28.7 Å². The fraction of sp³-hybridized carbons (Fsp3) is 0.133. The Morgan fingerprint density at radius 3 is 2.52 bits per heavy atom. The van der Waals surface area contributed by atoms with Crippen molar-refractivity contribution in [1.29, 1.82) is 0 Å². The summed E-state index contributed by atoms with van der Waals surface area (Å²) in [4.78, 5) is 11.8. The number of fused-ring (bicyclic) bond motifs is 1. The lowest BCUT2D eigenvalue weighted by molar-refractivity contribution is 0.0960. The fourth-order valence-corrected chi connectivity index (χ4v) is 2.40. The molecule has 0 spiro atoms. The molecule has 0 fully saturated rings. The van der Waals surface area contributed by atoms with E-state index in [1.807, 2.05) is 0 Å². The van der Waals surface area contributed by atoms with Crippen LogP contribution in [-0.4, -0.2) is 32.8 Å². The van der Waals surface area contributed by atoms with Crippen LogP contribution in [0, 0.1) is 0 Å². The van der Waals surface area contributed by atoms with Crippen LogP contribution in [0.1, 0.15) is 21.5 Å². The van der Waals surface area contributed by atoms with Gasteiger partial charge < -0.3 is 25.2 Å². The van der Waals surface area contributed by atoms with Gasteiger partial charge in [0, 0.05) is 12.0 Å². The van der Waals surface area contributed by atoms with Crippen molar-refractivity contribution >= 4 is 5.78 Å². The number of aromatic hydroxyl groups is 4. The molecule has 1 aliphatic heterocycles. The van der Waals surface area contributed by atoms with E-state index in [4.69, 9.17) is 4.74 Å². The van der Waals surface area contributed by atoms with Gasteiger partial charge in [-0.3, -0.25) is 4.79 Å². The van der Waals surface area contributed by atoms with Gasteiger partial charge in [-0.1, -0.05) is 12.1 Å². The molecule has 2 aromatic rings. The number of Topliss-reactive ketones (excluding diaryl/α,β-unsaturated/α-hetero) is 1. The maximum Gasteiger partial charge on any atom is 0.204 e. The molecule has 3 rings (SSSR count). The first kappa shape index (κ1) is 13.1. The van der Waals surface area contributed by atoms with E-state index < -0.39 is 23.0 Å². The monoisotopic (exact) mass is 288 g/mol. The van der Waals surface area contributed by atoms with Gasteiger partial charge in [0.1, 0.15) is 5.75 Å². The third-order valence-corrected chi connectivity index (χ3v) is 3.44. The minimum absolute atomic E-state index is 0.0234. The second-order valence-corrected chi connectivity index (χ2v) is 4.78. The normalized spacial score (nSPS) is 13.0. The highest BCUT2D eigenvalue weighted by Crippen LogP contribution is 2.44. The molecule has 6 heteroatoms. The Hall–Kier alpha value is -2.89. The van der Waals surface area contributed by atoms with Gasteiger partial charge in [0.25, 0.3) is 0 Å². The van der Waals surface area contributed by atoms with Gasteiger partial charge in [-0.15, -0.1) is 0 Å². The standard InChI is InChI=1S/C15H12O6/c16-9-5-8(13(18)15(20)14(9)19)4-7-2-1-3-11-12(7)10(17)6-21-11/h1-3,5,16,18-20H,4,6H2. The second-order valence-electron chi connectivity index (χ2n) is 4.78. The number of benzene rings is 2. The van der Waals surface area contributed by atoms with E-state index >= 15 is 0 Å². The first-order valence-corrected chi connectivity index (χ1v) is 6.22. The highest BCUT2D eigenvalue weighted by Gasteiger charge is 2.25. The summed E-state index contributed by atoms with van der Waals surface area (Å²) in [6.07, 6.45) is 0.103. The molecule has 6 nitrogen and oxygen atoms in total. The molecule has 21 heavy (non-hydrogen) atoms. The highest BCUT2D eigenvalue weighted by atomic mass is 16.5. The van der Waals surface area contributed by atoms with E-state index in [0.717, 1.165) is 6.07 Å². The van der Waals surface area contributed by atoms with Gasteiger partial charge in [0.2, 0.25) is 17.3 Å². The maximum absolute atomic E-state index is 11.8. The molecule has 0 radical (unpaired) electrons. The third-order valence-electron chi connectivity index (χ3n) is 3.44. The van der Waals surface area contributed by atoms with Gasteiger partial charge in [-0.2, -0.15) is 0 Å². The quantitative estimate of drug-likeness (QED) is 0.494. The third kappa shape index (κ3) is 2.01. The van der Waals surface area contributed by atoms with Crippen LogP contribution in [0.5, 0.6) is 28.7 Å². The smallest absolute Gasteiger partial charge is 0.204 e. The Morgan fingerprint density at radius 1 is 1.00 bits per heavy atom. The van der Waals surface area contributed by atoms with E-state index in [1.54, 1.807) is 18.2 Å². The van der Waals surface area contributed by atoms with E-state index in [9.17, 15) is 25.2 Å². The summed E-state index contributed by atoms with van der Waals surface area (Å²) in [5.41, 5.74) is 1.23. The SMILES string of the molecule is O=C1COc2cccc(Cc3cc(O)c(O)c(O)c3O)c21. The molecule has 108 valence electrons. The number of hydrogen-bond donors (Lipinski definition) is 4. The van der Waals surface area contributed by atoms with E-state index in [2.05, 4.69) is 0 Å². The first-order chi connectivity index (χ1) is 9.99. The van der Waals surface area contributed by atoms with Crippen molar-refractivity contribution in [2.75, 3.05) is 6.61 Å². The summed E-state index contributed by atoms with van der Waals surface area (Å²) in [6.45, 7) is -0.0234. The number of ether oxygens (including phenoxy) is 1. The lowest BCUT2D eigenvalue weighted by atomic mass is 9.96. The van der Waals surface area contributed by atoms with E-state index in [1.165, 1.54) is 0 Å². The predicted octanol–water partition coefficient (Wildman–Crippen LogP) is 1.67. The van der Waals surface area contributed by atoms with Gasteiger partial charge >= 0.3 is 0 Å². The fourth-order valence-electron chi connectivity index (χ4n) is 2.40. The lowest BCUT2D eigenvalue weighted by Gasteiger charge is -2.11. The molecule has 0 aliphatic carbocycles. The molecule has 0 atom stereocenters. The van der Waals surface area contributed by atoms with E-state index in [-0.39, 0.29) is 24.4 Å². The number of carbonyl (C=O) groups is 1. The Balaban J connectivity index is 2.07. The molecule has 0 aromatic heterocycles. The summed E-state index contributed by atoms with van der Waals surface area (Å²) in [5.74, 6) is -2.34. The van der Waals surface area contributed by atoms with Crippen molar-refractivity contribution in [3.63, 3.8) is 0 Å². The van der Waals surface area contributed by atoms with Crippen molar-refractivity contribution in [3.05, 3.63) is 41.0 Å². The summed E-state index contributed by atoms with van der Waals surface area (Å²) < 4.78 is 5.24. The van der Waals surface area contributed by atoms with Gasteiger partial charge in [0.15, 0.2) is 18.1 Å². The zero-order chi connectivity index (χ0) is 15.1. The van der Waals surface area contributed by atoms with Gasteiger partial charge in [-0.25, -0.2) is 0 Å². The van der Waals surface area contributed by atoms with Crippen LogP contribution >= 0.6 is 0 Å². The molecular formula is C15H12O6. The van der Waals surface area contributed by atoms with Crippen molar-refractivity contribution < 1.29 is 30.0 Å². The zero-order valence-corrected chi connectivity index (χ0v) is 10.8. The van der Waals surface area contributed by atoms with Crippen molar-refractivity contribution in [1.82, 2.24) is 0 Å². The zero-order valence-electron chi connectivity index (χ0n) is 10.8. The molecule has 0 amide bonds. The molecule has 1 heterocycles. The number of rotatable bonds is 2. The number of phenols is 4. The van der Waals surface area contributed by atoms with Crippen LogP contribution in [0.25, 0.3) is 0 Å². The Kier molecular flexibility index (Phi) is 2.86. The van der Waals surface area contributed by atoms with Crippen molar-refractivity contribution in [2.24, 2.45) is 0 Å². The molecule has 4 N–H and O–H groups in total. The van der Waals surface area contributed by atoms with Crippen LogP contribution in [0.2, 0.25) is 0 Å². The number of carbonyl (C=O) groups excluding carboxylic acids is 1. The van der Waals surface area contributed by atoms with Gasteiger partial charge in [-0.05, 0) is 17.7 Å². The molecule has 1 aliphatic rings. The average Bonchev–Trinajstić information content (AvgIpc) is 2.85. The predicted molar refractivity (Wildman–Crippen MR) is 72.2 cm³/mol. The molecular weight excluding hydrogens is 276 g/mol. The Bertz CT molecular complexity index is 750. The summed E-state index contributed by atoms with van der Waals surface area (Å²) in [7, 11) is 0. The van der Waals surface area contributed by atoms with Crippen LogP contribution < -0.4 is 4.74 Å². The number of ketones is 1. The maximum atomic E-state index is 11.8. The molecule has 0 unspecified atom stereocenters. The molecule has 2 aromatic carbocycles. The second kappa shape index (κ2) is 4.59. The first-order valence-electron chi connectivity index (χ1n) is 6.22. The van der Waals surface area contributed by atoms with E-state index in [0.29, 0.717) is 16.9 Å². The topological polar surface area (TPSA) is 107 Å². The van der Waals surface area contributed by atoms with Crippen LogP contribution in [0.4, 0.5) is 0 Å². The summed E-state index contributed by atoms with van der Waals surface area (Å²) >= 11 is 0. The molecule has 0 saturated heterocycles.